The smallest absolute Gasteiger partial charge is 0.257 e. The maximum atomic E-state index is 12.5. The minimum atomic E-state index is -0.279. The fourth-order valence-corrected chi connectivity index (χ4v) is 3.03. The van der Waals surface area contributed by atoms with Crippen molar-refractivity contribution in [3.8, 4) is 11.5 Å². The summed E-state index contributed by atoms with van der Waals surface area (Å²) in [7, 11) is 0. The van der Waals surface area contributed by atoms with Crippen LogP contribution in [0.3, 0.4) is 0 Å². The van der Waals surface area contributed by atoms with Crippen molar-refractivity contribution in [2.75, 3.05) is 5.32 Å². The van der Waals surface area contributed by atoms with E-state index in [1.807, 2.05) is 36.4 Å². The fourth-order valence-electron chi connectivity index (χ4n) is 3.03. The molecule has 2 N–H and O–H groups in total. The van der Waals surface area contributed by atoms with E-state index >= 15 is 0 Å². The summed E-state index contributed by atoms with van der Waals surface area (Å²) in [6.07, 6.45) is 3.11. The number of para-hydroxylation sites is 1. The highest BCUT2D eigenvalue weighted by molar-refractivity contribution is 6.05. The second kappa shape index (κ2) is 9.04. The lowest BCUT2D eigenvalue weighted by molar-refractivity contribution is 0.0949. The molecule has 2 aromatic carbocycles. The van der Waals surface area contributed by atoms with Gasteiger partial charge in [-0.2, -0.15) is 0 Å². The van der Waals surface area contributed by atoms with Gasteiger partial charge in [0, 0.05) is 18.0 Å². The van der Waals surface area contributed by atoms with Crippen molar-refractivity contribution >= 4 is 17.5 Å². The molecule has 0 aliphatic heterocycles. The third kappa shape index (κ3) is 4.67. The van der Waals surface area contributed by atoms with Gasteiger partial charge < -0.3 is 15.1 Å². The summed E-state index contributed by atoms with van der Waals surface area (Å²) in [5, 5.41) is 5.73. The normalized spacial score (nSPS) is 10.5. The number of hydrogen-bond donors (Lipinski definition) is 2. The number of aryl methyl sites for hydroxylation is 1. The molecule has 0 fully saturated rings. The van der Waals surface area contributed by atoms with Crippen LogP contribution in [-0.4, -0.2) is 21.8 Å². The standard InChI is InChI=1S/C24H20N4O3/c1-16-21(15-26-22(29)17-8-3-2-4-9-17)28-24(31-16)19-11-5-6-12-20(19)27-23(30)18-10-7-13-25-14-18/h2-14H,15H2,1H3,(H,26,29)(H,27,30). The minimum absolute atomic E-state index is 0.186. The first kappa shape index (κ1) is 20.0. The van der Waals surface area contributed by atoms with Gasteiger partial charge in [-0.25, -0.2) is 4.98 Å². The number of oxazole rings is 1. The second-order valence-corrected chi connectivity index (χ2v) is 6.81. The van der Waals surface area contributed by atoms with Crippen molar-refractivity contribution in [3.63, 3.8) is 0 Å². The van der Waals surface area contributed by atoms with Gasteiger partial charge in [-0.1, -0.05) is 30.3 Å². The molecule has 7 heteroatoms. The number of hydrogen-bond acceptors (Lipinski definition) is 5. The number of carbonyl (C=O) groups is 2. The van der Waals surface area contributed by atoms with Gasteiger partial charge in [0.25, 0.3) is 11.8 Å². The molecule has 0 unspecified atom stereocenters. The Balaban J connectivity index is 1.52. The summed E-state index contributed by atoms with van der Waals surface area (Å²) in [4.78, 5) is 33.3. The van der Waals surface area contributed by atoms with E-state index in [2.05, 4.69) is 20.6 Å². The summed E-state index contributed by atoms with van der Waals surface area (Å²) in [6, 6.07) is 19.6. The average molecular weight is 412 g/mol. The van der Waals surface area contributed by atoms with Crippen LogP contribution in [0.2, 0.25) is 0 Å². The maximum Gasteiger partial charge on any atom is 0.257 e. The monoisotopic (exact) mass is 412 g/mol. The molecule has 0 spiro atoms. The molecule has 0 saturated carbocycles. The van der Waals surface area contributed by atoms with Gasteiger partial charge in [-0.05, 0) is 43.3 Å². The van der Waals surface area contributed by atoms with Crippen LogP contribution in [0.25, 0.3) is 11.5 Å². The Labute approximate surface area is 179 Å². The molecule has 4 aromatic rings. The van der Waals surface area contributed by atoms with Gasteiger partial charge in [0.1, 0.15) is 11.5 Å². The number of anilines is 1. The molecule has 2 amide bonds. The zero-order valence-electron chi connectivity index (χ0n) is 16.8. The first-order chi connectivity index (χ1) is 15.1. The van der Waals surface area contributed by atoms with Crippen LogP contribution in [0.5, 0.6) is 0 Å². The number of aromatic nitrogens is 2. The van der Waals surface area contributed by atoms with Gasteiger partial charge in [0.15, 0.2) is 0 Å². The molecule has 0 radical (unpaired) electrons. The van der Waals surface area contributed by atoms with Crippen molar-refractivity contribution in [1.29, 1.82) is 0 Å². The third-order valence-corrected chi connectivity index (χ3v) is 4.67. The zero-order chi connectivity index (χ0) is 21.6. The largest absolute Gasteiger partial charge is 0.441 e. The summed E-state index contributed by atoms with van der Waals surface area (Å²) < 4.78 is 5.84. The van der Waals surface area contributed by atoms with Crippen LogP contribution in [0.4, 0.5) is 5.69 Å². The van der Waals surface area contributed by atoms with Crippen molar-refractivity contribution in [2.45, 2.75) is 13.5 Å². The van der Waals surface area contributed by atoms with Crippen LogP contribution in [0.1, 0.15) is 32.2 Å². The van der Waals surface area contributed by atoms with E-state index in [4.69, 9.17) is 4.42 Å². The van der Waals surface area contributed by atoms with E-state index in [9.17, 15) is 9.59 Å². The highest BCUT2D eigenvalue weighted by Crippen LogP contribution is 2.29. The predicted octanol–water partition coefficient (Wildman–Crippen LogP) is 4.23. The SMILES string of the molecule is Cc1oc(-c2ccccc2NC(=O)c2cccnc2)nc1CNC(=O)c1ccccc1. The molecule has 31 heavy (non-hydrogen) atoms. The molecule has 7 nitrogen and oxygen atoms in total. The Morgan fingerprint density at radius 3 is 2.42 bits per heavy atom. The Morgan fingerprint density at radius 1 is 0.903 bits per heavy atom. The van der Waals surface area contributed by atoms with Crippen LogP contribution in [-0.2, 0) is 6.54 Å². The number of benzene rings is 2. The van der Waals surface area contributed by atoms with E-state index in [-0.39, 0.29) is 18.4 Å². The fraction of sp³-hybridized carbons (Fsp3) is 0.0833. The topological polar surface area (TPSA) is 97.1 Å². The summed E-state index contributed by atoms with van der Waals surface area (Å²) in [6.45, 7) is 2.02. The lowest BCUT2D eigenvalue weighted by atomic mass is 10.1. The molecule has 0 bridgehead atoms. The number of nitrogens with zero attached hydrogens (tertiary/aromatic N) is 2. The van der Waals surface area contributed by atoms with Crippen molar-refractivity contribution in [2.24, 2.45) is 0 Å². The highest BCUT2D eigenvalue weighted by atomic mass is 16.4. The molecular weight excluding hydrogens is 392 g/mol. The number of pyridine rings is 1. The molecule has 154 valence electrons. The van der Waals surface area contributed by atoms with Gasteiger partial charge in [-0.15, -0.1) is 0 Å². The lowest BCUT2D eigenvalue weighted by Gasteiger charge is -2.08. The molecule has 2 aromatic heterocycles. The quantitative estimate of drug-likeness (QED) is 0.494. The van der Waals surface area contributed by atoms with E-state index in [0.717, 1.165) is 0 Å². The Bertz CT molecular complexity index is 1200. The van der Waals surface area contributed by atoms with Crippen molar-refractivity contribution < 1.29 is 14.0 Å². The first-order valence-corrected chi connectivity index (χ1v) is 9.72. The van der Waals surface area contributed by atoms with Gasteiger partial charge in [-0.3, -0.25) is 14.6 Å². The van der Waals surface area contributed by atoms with Gasteiger partial charge in [0.05, 0.1) is 23.4 Å². The van der Waals surface area contributed by atoms with Crippen LogP contribution in [0, 0.1) is 6.92 Å². The van der Waals surface area contributed by atoms with E-state index in [1.54, 1.807) is 43.5 Å². The Kier molecular flexibility index (Phi) is 5.84. The molecule has 0 saturated heterocycles. The number of nitrogens with one attached hydrogen (secondary N) is 2. The predicted molar refractivity (Wildman–Crippen MR) is 116 cm³/mol. The summed E-state index contributed by atoms with van der Waals surface area (Å²) in [5.41, 5.74) is 2.85. The zero-order valence-corrected chi connectivity index (χ0v) is 16.8. The van der Waals surface area contributed by atoms with Crippen LogP contribution >= 0.6 is 0 Å². The molecule has 4 rings (SSSR count). The highest BCUT2D eigenvalue weighted by Gasteiger charge is 2.17. The van der Waals surface area contributed by atoms with Crippen LogP contribution in [0.15, 0.2) is 83.5 Å². The van der Waals surface area contributed by atoms with E-state index in [1.165, 1.54) is 6.20 Å². The number of rotatable bonds is 6. The van der Waals surface area contributed by atoms with Crippen LogP contribution < -0.4 is 10.6 Å². The Morgan fingerprint density at radius 2 is 1.65 bits per heavy atom. The number of carbonyl (C=O) groups excluding carboxylic acids is 2. The minimum Gasteiger partial charge on any atom is -0.441 e. The van der Waals surface area contributed by atoms with Gasteiger partial charge in [0.2, 0.25) is 5.89 Å². The summed E-state index contributed by atoms with van der Waals surface area (Å²) in [5.74, 6) is 0.494. The number of amides is 2. The molecule has 0 aliphatic carbocycles. The second-order valence-electron chi connectivity index (χ2n) is 6.81. The molecule has 2 heterocycles. The first-order valence-electron chi connectivity index (χ1n) is 9.72. The average Bonchev–Trinajstić information content (AvgIpc) is 3.19. The molecule has 0 atom stereocenters. The third-order valence-electron chi connectivity index (χ3n) is 4.67. The lowest BCUT2D eigenvalue weighted by Crippen LogP contribution is -2.23. The van der Waals surface area contributed by atoms with E-state index in [0.29, 0.717) is 39.7 Å². The van der Waals surface area contributed by atoms with Crippen molar-refractivity contribution in [3.05, 3.63) is 102 Å². The Hall–Kier alpha value is -4.26. The maximum absolute atomic E-state index is 12.5. The van der Waals surface area contributed by atoms with Crippen molar-refractivity contribution in [1.82, 2.24) is 15.3 Å². The van der Waals surface area contributed by atoms with E-state index < -0.39 is 0 Å². The molecular formula is C24H20N4O3. The summed E-state index contributed by atoms with van der Waals surface area (Å²) >= 11 is 0. The van der Waals surface area contributed by atoms with Gasteiger partial charge >= 0.3 is 0 Å². The molecule has 0 aliphatic rings.